The Labute approximate surface area is 129 Å². The molecule has 1 amide bonds. The second-order valence-electron chi connectivity index (χ2n) is 5.44. The van der Waals surface area contributed by atoms with Crippen molar-refractivity contribution in [2.24, 2.45) is 5.73 Å². The Kier molecular flexibility index (Phi) is 5.18. The van der Waals surface area contributed by atoms with E-state index in [0.717, 1.165) is 31.3 Å². The molecule has 2 rings (SSSR count). The highest BCUT2D eigenvalue weighted by atomic mass is 32.1. The van der Waals surface area contributed by atoms with E-state index in [-0.39, 0.29) is 0 Å². The van der Waals surface area contributed by atoms with Crippen LogP contribution in [-0.2, 0) is 16.1 Å². The van der Waals surface area contributed by atoms with Crippen LogP contribution in [0.1, 0.15) is 25.6 Å². The van der Waals surface area contributed by atoms with Gasteiger partial charge in [-0.25, -0.2) is 4.98 Å². The first-order chi connectivity index (χ1) is 9.98. The van der Waals surface area contributed by atoms with E-state index in [2.05, 4.69) is 28.6 Å². The fourth-order valence-corrected chi connectivity index (χ4v) is 3.55. The molecule has 0 spiro atoms. The maximum Gasteiger partial charge on any atom is 0.250 e. The largest absolute Gasteiger partial charge is 0.367 e. The Balaban J connectivity index is 2.00. The smallest absolute Gasteiger partial charge is 0.250 e. The Morgan fingerprint density at radius 3 is 2.90 bits per heavy atom. The van der Waals surface area contributed by atoms with Crippen molar-refractivity contribution in [3.05, 3.63) is 11.1 Å². The lowest BCUT2D eigenvalue weighted by Gasteiger charge is -2.38. The van der Waals surface area contributed by atoms with Crippen molar-refractivity contribution in [2.75, 3.05) is 37.7 Å². The number of hydrogen-bond acceptors (Lipinski definition) is 6. The van der Waals surface area contributed by atoms with Gasteiger partial charge in [-0.05, 0) is 20.8 Å². The number of rotatable bonds is 6. The summed E-state index contributed by atoms with van der Waals surface area (Å²) in [6.07, 6.45) is 1.93. The predicted molar refractivity (Wildman–Crippen MR) is 84.5 cm³/mol. The number of anilines is 1. The summed E-state index contributed by atoms with van der Waals surface area (Å²) in [7, 11) is 0. The topological polar surface area (TPSA) is 71.7 Å². The summed E-state index contributed by atoms with van der Waals surface area (Å²) in [5.74, 6) is -0.402. The molecule has 0 bridgehead atoms. The van der Waals surface area contributed by atoms with Gasteiger partial charge >= 0.3 is 0 Å². The third-order valence-corrected chi connectivity index (χ3v) is 4.87. The van der Waals surface area contributed by atoms with Gasteiger partial charge in [-0.3, -0.25) is 9.69 Å². The number of amides is 1. The van der Waals surface area contributed by atoms with E-state index in [0.29, 0.717) is 13.2 Å². The van der Waals surface area contributed by atoms with Crippen molar-refractivity contribution in [3.63, 3.8) is 0 Å². The fourth-order valence-electron chi connectivity index (χ4n) is 2.47. The van der Waals surface area contributed by atoms with Gasteiger partial charge in [-0.2, -0.15) is 0 Å². The molecule has 21 heavy (non-hydrogen) atoms. The maximum atomic E-state index is 11.5. The number of primary amides is 1. The molecule has 0 radical (unpaired) electrons. The molecule has 2 N–H and O–H groups in total. The van der Waals surface area contributed by atoms with E-state index in [1.54, 1.807) is 18.3 Å². The summed E-state index contributed by atoms with van der Waals surface area (Å²) in [4.78, 5) is 21.6. The van der Waals surface area contributed by atoms with Gasteiger partial charge in [-0.15, -0.1) is 11.3 Å². The molecule has 1 unspecified atom stereocenters. The zero-order chi connectivity index (χ0) is 15.5. The van der Waals surface area contributed by atoms with Gasteiger partial charge in [0, 0.05) is 43.8 Å². The van der Waals surface area contributed by atoms with Gasteiger partial charge in [-0.1, -0.05) is 0 Å². The molecule has 1 aromatic heterocycles. The molecule has 1 aliphatic heterocycles. The van der Waals surface area contributed by atoms with Gasteiger partial charge in [0.1, 0.15) is 0 Å². The predicted octanol–water partition coefficient (Wildman–Crippen LogP) is 1.07. The second kappa shape index (κ2) is 6.72. The van der Waals surface area contributed by atoms with Gasteiger partial charge < -0.3 is 15.4 Å². The number of aromatic nitrogens is 1. The van der Waals surface area contributed by atoms with Crippen LogP contribution in [0.25, 0.3) is 0 Å². The van der Waals surface area contributed by atoms with Crippen LogP contribution in [0.4, 0.5) is 5.13 Å². The van der Waals surface area contributed by atoms with E-state index in [9.17, 15) is 4.79 Å². The molecule has 1 atom stereocenters. The number of hydrogen-bond donors (Lipinski definition) is 1. The zero-order valence-corrected chi connectivity index (χ0v) is 13.8. The van der Waals surface area contributed by atoms with Gasteiger partial charge in [0.15, 0.2) is 10.7 Å². The SMILES string of the molecule is CCN(CC)c1ncc(CN2CCOC(C)(C(N)=O)C2)s1. The van der Waals surface area contributed by atoms with E-state index in [1.165, 1.54) is 4.88 Å². The highest BCUT2D eigenvalue weighted by Crippen LogP contribution is 2.25. The number of nitrogens with two attached hydrogens (primary N) is 1. The average molecular weight is 312 g/mol. The summed E-state index contributed by atoms with van der Waals surface area (Å²) < 4.78 is 5.54. The minimum Gasteiger partial charge on any atom is -0.367 e. The number of thiazole rings is 1. The summed E-state index contributed by atoms with van der Waals surface area (Å²) in [6.45, 7) is 10.6. The standard InChI is InChI=1S/C14H24N4O2S/c1-4-18(5-2)13-16-8-11(21-13)9-17-6-7-20-14(3,10-17)12(15)19/h8H,4-7,9-10H2,1-3H3,(H2,15,19). The maximum absolute atomic E-state index is 11.5. The van der Waals surface area contributed by atoms with Crippen LogP contribution in [0.3, 0.4) is 0 Å². The summed E-state index contributed by atoms with van der Waals surface area (Å²) in [5, 5.41) is 1.06. The Hall–Kier alpha value is -1.18. The summed E-state index contributed by atoms with van der Waals surface area (Å²) >= 11 is 1.71. The number of morpholine rings is 1. The minimum atomic E-state index is -0.884. The molecule has 1 aromatic rings. The normalized spacial score (nSPS) is 23.2. The first-order valence-electron chi connectivity index (χ1n) is 7.34. The quantitative estimate of drug-likeness (QED) is 0.850. The molecule has 1 saturated heterocycles. The molecule has 6 nitrogen and oxygen atoms in total. The second-order valence-corrected chi connectivity index (χ2v) is 6.53. The highest BCUT2D eigenvalue weighted by molar-refractivity contribution is 7.15. The van der Waals surface area contributed by atoms with Crippen molar-refractivity contribution in [1.29, 1.82) is 0 Å². The Morgan fingerprint density at radius 2 is 2.29 bits per heavy atom. The van der Waals surface area contributed by atoms with Crippen LogP contribution in [0.5, 0.6) is 0 Å². The van der Waals surface area contributed by atoms with Crippen molar-refractivity contribution >= 4 is 22.4 Å². The fraction of sp³-hybridized carbons (Fsp3) is 0.714. The van der Waals surface area contributed by atoms with E-state index >= 15 is 0 Å². The van der Waals surface area contributed by atoms with Crippen LogP contribution in [0.2, 0.25) is 0 Å². The number of carbonyl (C=O) groups is 1. The number of carbonyl (C=O) groups excluding carboxylic acids is 1. The lowest BCUT2D eigenvalue weighted by molar-refractivity contribution is -0.153. The molecule has 0 saturated carbocycles. The van der Waals surface area contributed by atoms with Crippen molar-refractivity contribution in [3.8, 4) is 0 Å². The highest BCUT2D eigenvalue weighted by Gasteiger charge is 2.37. The van der Waals surface area contributed by atoms with Gasteiger partial charge in [0.05, 0.1) is 6.61 Å². The zero-order valence-electron chi connectivity index (χ0n) is 13.0. The molecular weight excluding hydrogens is 288 g/mol. The lowest BCUT2D eigenvalue weighted by Crippen LogP contribution is -2.56. The molecule has 2 heterocycles. The monoisotopic (exact) mass is 312 g/mol. The molecule has 1 fully saturated rings. The molecule has 0 aliphatic carbocycles. The third kappa shape index (κ3) is 3.72. The molecule has 7 heteroatoms. The molecular formula is C14H24N4O2S. The van der Waals surface area contributed by atoms with Crippen LogP contribution < -0.4 is 10.6 Å². The summed E-state index contributed by atoms with van der Waals surface area (Å²) in [5.41, 5.74) is 4.55. The van der Waals surface area contributed by atoms with Crippen molar-refractivity contribution < 1.29 is 9.53 Å². The van der Waals surface area contributed by atoms with E-state index in [4.69, 9.17) is 10.5 Å². The Bertz CT molecular complexity index is 489. The minimum absolute atomic E-state index is 0.402. The van der Waals surface area contributed by atoms with Crippen LogP contribution in [0, 0.1) is 0 Å². The van der Waals surface area contributed by atoms with E-state index in [1.807, 2.05) is 6.20 Å². The number of nitrogens with zero attached hydrogens (tertiary/aromatic N) is 3. The first kappa shape index (κ1) is 16.2. The van der Waals surface area contributed by atoms with Crippen LogP contribution in [0.15, 0.2) is 6.20 Å². The van der Waals surface area contributed by atoms with Crippen molar-refractivity contribution in [1.82, 2.24) is 9.88 Å². The number of ether oxygens (including phenoxy) is 1. The third-order valence-electron chi connectivity index (χ3n) is 3.83. The van der Waals surface area contributed by atoms with Gasteiger partial charge in [0.25, 0.3) is 5.91 Å². The molecule has 0 aromatic carbocycles. The summed E-state index contributed by atoms with van der Waals surface area (Å²) in [6, 6.07) is 0. The lowest BCUT2D eigenvalue weighted by atomic mass is 10.0. The van der Waals surface area contributed by atoms with E-state index < -0.39 is 11.5 Å². The van der Waals surface area contributed by atoms with Gasteiger partial charge in [0.2, 0.25) is 0 Å². The Morgan fingerprint density at radius 1 is 1.57 bits per heavy atom. The first-order valence-corrected chi connectivity index (χ1v) is 8.16. The van der Waals surface area contributed by atoms with Crippen LogP contribution in [-0.4, -0.2) is 54.2 Å². The molecule has 1 aliphatic rings. The average Bonchev–Trinajstić information content (AvgIpc) is 2.88. The van der Waals surface area contributed by atoms with Crippen molar-refractivity contribution in [2.45, 2.75) is 32.9 Å². The molecule has 118 valence electrons. The van der Waals surface area contributed by atoms with Crippen LogP contribution >= 0.6 is 11.3 Å².